The number of Topliss-reactive ketones (excluding diaryl/α,β-unsaturated/α-hetero) is 1. The van der Waals surface area contributed by atoms with Crippen molar-refractivity contribution in [3.05, 3.63) is 47.8 Å². The van der Waals surface area contributed by atoms with Crippen molar-refractivity contribution in [1.82, 2.24) is 4.98 Å². The van der Waals surface area contributed by atoms with Crippen LogP contribution in [0.15, 0.2) is 31.0 Å². The SMILES string of the molecule is C=C/C=C(/CC)c1c(C(=O)CCCCC(=O)O)ccnc1C. The maximum Gasteiger partial charge on any atom is 0.303 e. The average Bonchev–Trinajstić information content (AvgIpc) is 2.49. The molecule has 0 saturated carbocycles. The number of unbranched alkanes of at least 4 members (excludes halogenated alkanes) is 1. The fraction of sp³-hybridized carbons (Fsp3) is 0.389. The van der Waals surface area contributed by atoms with Gasteiger partial charge in [-0.25, -0.2) is 0 Å². The summed E-state index contributed by atoms with van der Waals surface area (Å²) in [5, 5.41) is 8.63. The first-order valence-electron chi connectivity index (χ1n) is 7.53. The molecule has 4 heteroatoms. The Morgan fingerprint density at radius 1 is 1.32 bits per heavy atom. The summed E-state index contributed by atoms with van der Waals surface area (Å²) in [5.41, 5.74) is 3.41. The van der Waals surface area contributed by atoms with Gasteiger partial charge in [-0.3, -0.25) is 14.6 Å². The molecule has 1 rings (SSSR count). The lowest BCUT2D eigenvalue weighted by molar-refractivity contribution is -0.137. The maximum absolute atomic E-state index is 12.5. The fourth-order valence-electron chi connectivity index (χ4n) is 2.42. The van der Waals surface area contributed by atoms with E-state index in [1.54, 1.807) is 18.3 Å². The van der Waals surface area contributed by atoms with Crippen LogP contribution in [-0.2, 0) is 4.79 Å². The molecule has 0 aliphatic carbocycles. The first-order chi connectivity index (χ1) is 10.5. The molecule has 1 aromatic rings. The number of aromatic nitrogens is 1. The van der Waals surface area contributed by atoms with Crippen LogP contribution in [0.2, 0.25) is 0 Å². The minimum Gasteiger partial charge on any atom is -0.481 e. The summed E-state index contributed by atoms with van der Waals surface area (Å²) in [6.07, 6.45) is 7.61. The van der Waals surface area contributed by atoms with E-state index < -0.39 is 5.97 Å². The highest BCUT2D eigenvalue weighted by Crippen LogP contribution is 2.26. The summed E-state index contributed by atoms with van der Waals surface area (Å²) in [7, 11) is 0. The molecule has 0 bridgehead atoms. The van der Waals surface area contributed by atoms with Crippen LogP contribution in [0.4, 0.5) is 0 Å². The quantitative estimate of drug-likeness (QED) is 0.422. The maximum atomic E-state index is 12.5. The zero-order chi connectivity index (χ0) is 16.5. The van der Waals surface area contributed by atoms with Crippen molar-refractivity contribution < 1.29 is 14.7 Å². The van der Waals surface area contributed by atoms with Crippen molar-refractivity contribution in [2.45, 2.75) is 46.0 Å². The van der Waals surface area contributed by atoms with Crippen LogP contribution in [-0.4, -0.2) is 21.8 Å². The highest BCUT2D eigenvalue weighted by atomic mass is 16.4. The van der Waals surface area contributed by atoms with Gasteiger partial charge in [0.2, 0.25) is 0 Å². The molecule has 4 nitrogen and oxygen atoms in total. The number of rotatable bonds is 9. The van der Waals surface area contributed by atoms with Gasteiger partial charge in [-0.2, -0.15) is 0 Å². The second-order valence-electron chi connectivity index (χ2n) is 5.12. The molecule has 0 unspecified atom stereocenters. The first-order valence-corrected chi connectivity index (χ1v) is 7.53. The van der Waals surface area contributed by atoms with E-state index in [9.17, 15) is 9.59 Å². The normalized spacial score (nSPS) is 11.3. The van der Waals surface area contributed by atoms with Crippen LogP contribution >= 0.6 is 0 Å². The summed E-state index contributed by atoms with van der Waals surface area (Å²) in [4.78, 5) is 27.2. The van der Waals surface area contributed by atoms with E-state index in [1.165, 1.54) is 0 Å². The summed E-state index contributed by atoms with van der Waals surface area (Å²) in [6.45, 7) is 7.64. The predicted molar refractivity (Wildman–Crippen MR) is 87.9 cm³/mol. The second-order valence-corrected chi connectivity index (χ2v) is 5.12. The number of carboxylic acid groups (broad SMARTS) is 1. The van der Waals surface area contributed by atoms with Gasteiger partial charge in [0.25, 0.3) is 0 Å². The summed E-state index contributed by atoms with van der Waals surface area (Å²) >= 11 is 0. The number of allylic oxidation sites excluding steroid dienone is 3. The standard InChI is InChI=1S/C18H23NO3/c1-4-8-14(5-2)18-13(3)19-12-11-15(18)16(20)9-6-7-10-17(21)22/h4,8,11-12H,1,5-7,9-10H2,2-3H3,(H,21,22)/b14-8-. The molecule has 118 valence electrons. The van der Waals surface area contributed by atoms with E-state index in [2.05, 4.69) is 11.6 Å². The third-order valence-corrected chi connectivity index (χ3v) is 3.51. The van der Waals surface area contributed by atoms with Crippen LogP contribution in [0, 0.1) is 6.92 Å². The molecule has 0 aliphatic rings. The van der Waals surface area contributed by atoms with Crippen LogP contribution in [0.25, 0.3) is 5.57 Å². The molecule has 0 fully saturated rings. The second kappa shape index (κ2) is 8.93. The van der Waals surface area contributed by atoms with E-state index in [-0.39, 0.29) is 12.2 Å². The number of ketones is 1. The molecule has 0 saturated heterocycles. The largest absolute Gasteiger partial charge is 0.481 e. The molecule has 1 aromatic heterocycles. The molecule has 0 spiro atoms. The topological polar surface area (TPSA) is 67.3 Å². The monoisotopic (exact) mass is 301 g/mol. The van der Waals surface area contributed by atoms with Crippen molar-refractivity contribution in [3.8, 4) is 0 Å². The van der Waals surface area contributed by atoms with E-state index in [4.69, 9.17) is 5.11 Å². The number of hydrogen-bond donors (Lipinski definition) is 1. The Bertz CT molecular complexity index is 588. The van der Waals surface area contributed by atoms with E-state index in [1.807, 2.05) is 19.9 Å². The van der Waals surface area contributed by atoms with Crippen molar-refractivity contribution in [2.75, 3.05) is 0 Å². The molecule has 0 atom stereocenters. The number of aliphatic carboxylic acids is 1. The van der Waals surface area contributed by atoms with Gasteiger partial charge in [-0.05, 0) is 37.8 Å². The van der Waals surface area contributed by atoms with Gasteiger partial charge >= 0.3 is 5.97 Å². The molecular weight excluding hydrogens is 278 g/mol. The lowest BCUT2D eigenvalue weighted by atomic mass is 9.92. The summed E-state index contributed by atoms with van der Waals surface area (Å²) in [5.74, 6) is -0.788. The van der Waals surface area contributed by atoms with Crippen molar-refractivity contribution in [1.29, 1.82) is 0 Å². The molecular formula is C18H23NO3. The fourth-order valence-corrected chi connectivity index (χ4v) is 2.42. The van der Waals surface area contributed by atoms with E-state index in [0.717, 1.165) is 23.3 Å². The molecule has 0 aromatic carbocycles. The Labute approximate surface area is 131 Å². The summed E-state index contributed by atoms with van der Waals surface area (Å²) < 4.78 is 0. The minimum atomic E-state index is -0.824. The Hall–Kier alpha value is -2.23. The molecule has 1 N–H and O–H groups in total. The zero-order valence-electron chi connectivity index (χ0n) is 13.3. The van der Waals surface area contributed by atoms with Crippen LogP contribution in [0.3, 0.4) is 0 Å². The average molecular weight is 301 g/mol. The smallest absolute Gasteiger partial charge is 0.303 e. The van der Waals surface area contributed by atoms with Gasteiger partial charge in [-0.15, -0.1) is 0 Å². The molecule has 0 amide bonds. The number of aryl methyl sites for hydroxylation is 1. The summed E-state index contributed by atoms with van der Waals surface area (Å²) in [6, 6.07) is 1.74. The zero-order valence-corrected chi connectivity index (χ0v) is 13.3. The van der Waals surface area contributed by atoms with Gasteiger partial charge < -0.3 is 5.11 Å². The lowest BCUT2D eigenvalue weighted by Gasteiger charge is -2.13. The minimum absolute atomic E-state index is 0.0364. The van der Waals surface area contributed by atoms with E-state index in [0.29, 0.717) is 24.8 Å². The van der Waals surface area contributed by atoms with Crippen molar-refractivity contribution in [2.24, 2.45) is 0 Å². The number of nitrogens with zero attached hydrogens (tertiary/aromatic N) is 1. The lowest BCUT2D eigenvalue weighted by Crippen LogP contribution is -2.07. The van der Waals surface area contributed by atoms with Gasteiger partial charge in [0.05, 0.1) is 0 Å². The number of carboxylic acids is 1. The van der Waals surface area contributed by atoms with Gasteiger partial charge in [0.15, 0.2) is 5.78 Å². The highest BCUT2D eigenvalue weighted by Gasteiger charge is 2.16. The third kappa shape index (κ3) is 4.95. The number of carbonyl (C=O) groups is 2. The Morgan fingerprint density at radius 3 is 2.59 bits per heavy atom. The van der Waals surface area contributed by atoms with Gasteiger partial charge in [0.1, 0.15) is 0 Å². The van der Waals surface area contributed by atoms with Crippen LogP contribution in [0.5, 0.6) is 0 Å². The Balaban J connectivity index is 2.97. The van der Waals surface area contributed by atoms with Crippen LogP contribution in [0.1, 0.15) is 60.6 Å². The number of pyridine rings is 1. The third-order valence-electron chi connectivity index (χ3n) is 3.51. The first kappa shape index (κ1) is 17.8. The molecule has 1 heterocycles. The number of carbonyl (C=O) groups excluding carboxylic acids is 1. The number of hydrogen-bond acceptors (Lipinski definition) is 3. The van der Waals surface area contributed by atoms with Gasteiger partial charge in [-0.1, -0.05) is 25.7 Å². The molecule has 0 radical (unpaired) electrons. The Morgan fingerprint density at radius 2 is 2.00 bits per heavy atom. The van der Waals surface area contributed by atoms with Crippen LogP contribution < -0.4 is 0 Å². The van der Waals surface area contributed by atoms with Gasteiger partial charge in [0, 0.05) is 35.9 Å². The van der Waals surface area contributed by atoms with Crippen molar-refractivity contribution in [3.63, 3.8) is 0 Å². The van der Waals surface area contributed by atoms with E-state index >= 15 is 0 Å². The molecule has 22 heavy (non-hydrogen) atoms. The predicted octanol–water partition coefficient (Wildman–Crippen LogP) is 4.20. The molecule has 0 aliphatic heterocycles. The highest BCUT2D eigenvalue weighted by molar-refractivity contribution is 6.01. The van der Waals surface area contributed by atoms with Crippen molar-refractivity contribution >= 4 is 17.3 Å². The Kier molecular flexibility index (Phi) is 7.23.